The van der Waals surface area contributed by atoms with Gasteiger partial charge >= 0.3 is 0 Å². The van der Waals surface area contributed by atoms with E-state index in [2.05, 4.69) is 107 Å². The van der Waals surface area contributed by atoms with Gasteiger partial charge in [0.1, 0.15) is 0 Å². The molecule has 0 radical (unpaired) electrons. The molecule has 0 bridgehead atoms. The average Bonchev–Trinajstić information content (AvgIpc) is 2.80. The largest absolute Gasteiger partial charge is 0.147 e. The molecule has 32 heavy (non-hydrogen) atoms. The van der Waals surface area contributed by atoms with E-state index in [1.807, 2.05) is 0 Å². The highest BCUT2D eigenvalue weighted by molar-refractivity contribution is 7.19. The fraction of sp³-hybridized carbons (Fsp3) is 0.400. The van der Waals surface area contributed by atoms with Crippen molar-refractivity contribution in [2.75, 3.05) is 0 Å². The zero-order valence-corrected chi connectivity index (χ0v) is 21.6. The van der Waals surface area contributed by atoms with Gasteiger partial charge in [0.15, 0.2) is 0 Å². The summed E-state index contributed by atoms with van der Waals surface area (Å²) in [5, 5.41) is 0.142. The maximum absolute atomic E-state index is 3.36. The lowest BCUT2D eigenvalue weighted by Crippen LogP contribution is -2.38. The molecule has 0 nitrogen and oxygen atoms in total. The molecule has 3 aromatic carbocycles. The van der Waals surface area contributed by atoms with Crippen molar-refractivity contribution in [3.63, 3.8) is 0 Å². The topological polar surface area (TPSA) is 0 Å². The highest BCUT2D eigenvalue weighted by Gasteiger charge is 2.34. The van der Waals surface area contributed by atoms with Crippen LogP contribution in [-0.4, -0.2) is 5.16 Å². The number of unbranched alkanes of at least 4 members (excludes halogenated alkanes) is 4. The Labute approximate surface area is 204 Å². The maximum Gasteiger partial charge on any atom is -0.00385 e. The van der Waals surface area contributed by atoms with E-state index in [1.165, 1.54) is 55.2 Å². The molecule has 0 N–H and O–H groups in total. The summed E-state index contributed by atoms with van der Waals surface area (Å²) in [6.07, 6.45) is 11.4. The third kappa shape index (κ3) is 8.73. The van der Waals surface area contributed by atoms with Crippen LogP contribution >= 0.6 is 21.6 Å². The van der Waals surface area contributed by atoms with Crippen molar-refractivity contribution >= 4 is 21.6 Å². The molecule has 0 fully saturated rings. The van der Waals surface area contributed by atoms with E-state index in [0.29, 0.717) is 5.92 Å². The molecule has 2 unspecified atom stereocenters. The fourth-order valence-corrected chi connectivity index (χ4v) is 5.54. The van der Waals surface area contributed by atoms with Crippen molar-refractivity contribution in [1.82, 2.24) is 0 Å². The normalized spacial score (nSPS) is 12.2. The molecule has 2 heteroatoms. The summed E-state index contributed by atoms with van der Waals surface area (Å²) in [7, 11) is 3.36. The molecule has 0 aliphatic rings. The van der Waals surface area contributed by atoms with Gasteiger partial charge in [-0.05, 0) is 53.4 Å². The summed E-state index contributed by atoms with van der Waals surface area (Å²) < 4.78 is 0. The Balaban J connectivity index is 0.00000363. The standard InChI is InChI=1S/C30H39P.ClH/c1-2-3-4-5-15-22-29(23-26-16-9-6-10-17-26)30(31,24-27-18-11-7-12-19-27)25-28-20-13-8-14-21-28;/h6-14,16-21,29H,2-5,15,22-25,31H2,1H3;1H. The van der Waals surface area contributed by atoms with Crippen LogP contribution in [0.5, 0.6) is 0 Å². The molecule has 0 saturated carbocycles. The first kappa shape index (κ1) is 26.6. The van der Waals surface area contributed by atoms with Gasteiger partial charge in [-0.3, -0.25) is 0 Å². The lowest BCUT2D eigenvalue weighted by Gasteiger charge is -2.39. The minimum absolute atomic E-state index is 0. The molecular formula is C30H40ClP. The first-order chi connectivity index (χ1) is 15.2. The Morgan fingerprint density at radius 1 is 0.625 bits per heavy atom. The first-order valence-electron chi connectivity index (χ1n) is 12.1. The van der Waals surface area contributed by atoms with Gasteiger partial charge < -0.3 is 0 Å². The van der Waals surface area contributed by atoms with Crippen molar-refractivity contribution in [2.24, 2.45) is 5.92 Å². The van der Waals surface area contributed by atoms with E-state index in [1.54, 1.807) is 0 Å². The lowest BCUT2D eigenvalue weighted by atomic mass is 9.75. The second-order valence-electron chi connectivity index (χ2n) is 9.15. The third-order valence-electron chi connectivity index (χ3n) is 6.55. The van der Waals surface area contributed by atoms with E-state index >= 15 is 0 Å². The Morgan fingerprint density at radius 3 is 1.53 bits per heavy atom. The highest BCUT2D eigenvalue weighted by Crippen LogP contribution is 2.40. The molecule has 0 saturated heterocycles. The van der Waals surface area contributed by atoms with Crippen LogP contribution in [0.15, 0.2) is 91.0 Å². The van der Waals surface area contributed by atoms with E-state index in [4.69, 9.17) is 0 Å². The molecule has 0 spiro atoms. The molecule has 3 rings (SSSR count). The molecule has 3 aromatic rings. The number of hydrogen-bond donors (Lipinski definition) is 0. The number of benzene rings is 3. The van der Waals surface area contributed by atoms with Crippen molar-refractivity contribution < 1.29 is 0 Å². The van der Waals surface area contributed by atoms with Crippen LogP contribution in [0.4, 0.5) is 0 Å². The van der Waals surface area contributed by atoms with Crippen LogP contribution in [0.3, 0.4) is 0 Å². The third-order valence-corrected chi connectivity index (χ3v) is 7.43. The lowest BCUT2D eigenvalue weighted by molar-refractivity contribution is 0.331. The summed E-state index contributed by atoms with van der Waals surface area (Å²) in [5.41, 5.74) is 4.35. The van der Waals surface area contributed by atoms with Crippen LogP contribution in [0.1, 0.15) is 62.1 Å². The van der Waals surface area contributed by atoms with Crippen LogP contribution < -0.4 is 0 Å². The minimum Gasteiger partial charge on any atom is -0.147 e. The molecule has 0 aliphatic carbocycles. The van der Waals surface area contributed by atoms with Gasteiger partial charge in [-0.25, -0.2) is 0 Å². The molecule has 0 aromatic heterocycles. The molecule has 0 amide bonds. The zero-order chi connectivity index (χ0) is 21.8. The molecular weight excluding hydrogens is 427 g/mol. The molecule has 172 valence electrons. The number of hydrogen-bond acceptors (Lipinski definition) is 0. The van der Waals surface area contributed by atoms with Crippen LogP contribution in [0, 0.1) is 5.92 Å². The van der Waals surface area contributed by atoms with Gasteiger partial charge in [0, 0.05) is 0 Å². The van der Waals surface area contributed by atoms with E-state index in [9.17, 15) is 0 Å². The van der Waals surface area contributed by atoms with Gasteiger partial charge in [-0.15, -0.1) is 21.6 Å². The van der Waals surface area contributed by atoms with Crippen molar-refractivity contribution in [1.29, 1.82) is 0 Å². The second kappa shape index (κ2) is 14.5. The predicted molar refractivity (Wildman–Crippen MR) is 147 cm³/mol. The fourth-order valence-electron chi connectivity index (χ4n) is 4.79. The van der Waals surface area contributed by atoms with Crippen molar-refractivity contribution in [2.45, 2.75) is 69.9 Å². The van der Waals surface area contributed by atoms with Gasteiger partial charge in [0.2, 0.25) is 0 Å². The highest BCUT2D eigenvalue weighted by atomic mass is 35.5. The average molecular weight is 467 g/mol. The molecule has 0 aliphatic heterocycles. The van der Waals surface area contributed by atoms with Crippen LogP contribution in [0.25, 0.3) is 0 Å². The maximum atomic E-state index is 3.36. The molecule has 0 heterocycles. The van der Waals surface area contributed by atoms with Gasteiger partial charge in [-0.2, -0.15) is 0 Å². The number of rotatable bonds is 13. The van der Waals surface area contributed by atoms with Crippen LogP contribution in [-0.2, 0) is 19.3 Å². The SMILES string of the molecule is CCCCCCCC(Cc1ccccc1)C(P)(Cc1ccccc1)Cc1ccccc1.Cl. The van der Waals surface area contributed by atoms with Gasteiger partial charge in [0.25, 0.3) is 0 Å². The molecule has 2 atom stereocenters. The van der Waals surface area contributed by atoms with Crippen LogP contribution in [0.2, 0.25) is 0 Å². The monoisotopic (exact) mass is 466 g/mol. The first-order valence-corrected chi connectivity index (χ1v) is 12.7. The van der Waals surface area contributed by atoms with Gasteiger partial charge in [0.05, 0.1) is 0 Å². The summed E-state index contributed by atoms with van der Waals surface area (Å²) in [6.45, 7) is 2.30. The van der Waals surface area contributed by atoms with E-state index in [-0.39, 0.29) is 17.6 Å². The summed E-state index contributed by atoms with van der Waals surface area (Å²) in [4.78, 5) is 0. The number of halogens is 1. The Kier molecular flexibility index (Phi) is 12.1. The Morgan fingerprint density at radius 2 is 1.06 bits per heavy atom. The quantitative estimate of drug-likeness (QED) is 0.174. The Bertz CT molecular complexity index is 806. The zero-order valence-electron chi connectivity index (χ0n) is 19.6. The summed E-state index contributed by atoms with van der Waals surface area (Å²) in [6, 6.07) is 33.3. The Hall–Kier alpha value is -1.62. The van der Waals surface area contributed by atoms with E-state index < -0.39 is 0 Å². The summed E-state index contributed by atoms with van der Waals surface area (Å²) >= 11 is 0. The summed E-state index contributed by atoms with van der Waals surface area (Å²) in [5.74, 6) is 0.627. The van der Waals surface area contributed by atoms with Crippen molar-refractivity contribution in [3.8, 4) is 0 Å². The minimum atomic E-state index is 0. The smallest absolute Gasteiger partial charge is 0.00385 e. The van der Waals surface area contributed by atoms with Crippen molar-refractivity contribution in [3.05, 3.63) is 108 Å². The second-order valence-corrected chi connectivity index (χ2v) is 10.3. The predicted octanol–water partition coefficient (Wildman–Crippen LogP) is 8.73. The van der Waals surface area contributed by atoms with Gasteiger partial charge in [-0.1, -0.05) is 130 Å². The van der Waals surface area contributed by atoms with E-state index in [0.717, 1.165) is 19.3 Å².